The smallest absolute Gasteiger partial charge is 0.237 e. The van der Waals surface area contributed by atoms with Crippen LogP contribution in [-0.4, -0.2) is 26.3 Å². The molecule has 6 nitrogen and oxygen atoms in total. The number of rotatable bonds is 4. The Labute approximate surface area is 136 Å². The Bertz CT molecular complexity index is 962. The number of nitrogens with zero attached hydrogens (tertiary/aromatic N) is 1. The largest absolute Gasteiger partial charge is 0.493 e. The number of nitrogens with two attached hydrogens (primary N) is 1. The molecule has 2 aromatic heterocycles. The molecule has 0 saturated carbocycles. The lowest BCUT2D eigenvalue weighted by Crippen LogP contribution is -2.28. The van der Waals surface area contributed by atoms with Crippen molar-refractivity contribution in [2.24, 2.45) is 7.05 Å². The molecule has 0 atom stereocenters. The number of carbonyl (C=O) groups excluding carboxylic acids is 2. The summed E-state index contributed by atoms with van der Waals surface area (Å²) in [6.07, 6.45) is 2.13. The standard InChI is InChI=1S/C16H14N2O4S/c1-18-6-9-14(17)16(11(20)7-19)23-15(9)8-4-12(21-2)13(22-3)5-10(8)18/h4-7H,1-3H3,(H-,17,20)/p+1. The van der Waals surface area contributed by atoms with Gasteiger partial charge in [-0.05, 0) is 6.07 Å². The van der Waals surface area contributed by atoms with Crippen LogP contribution in [0, 0.1) is 0 Å². The number of aromatic nitrogens is 1. The fraction of sp³-hybridized carbons (Fsp3) is 0.188. The van der Waals surface area contributed by atoms with Crippen molar-refractivity contribution in [3.63, 3.8) is 0 Å². The quantitative estimate of drug-likeness (QED) is 0.341. The van der Waals surface area contributed by atoms with E-state index in [9.17, 15) is 9.59 Å². The van der Waals surface area contributed by atoms with Gasteiger partial charge in [-0.3, -0.25) is 9.59 Å². The first-order valence-electron chi connectivity index (χ1n) is 6.77. The lowest BCUT2D eigenvalue weighted by molar-refractivity contribution is -0.643. The summed E-state index contributed by atoms with van der Waals surface area (Å²) in [6.45, 7) is 0. The minimum absolute atomic E-state index is 0.261. The number of Topliss-reactive ketones (excluding diaryl/α,β-unsaturated/α-hetero) is 1. The van der Waals surface area contributed by atoms with E-state index in [0.717, 1.165) is 21.0 Å². The SMILES string of the molecule is COc1cc2c3sc(C(=O)C=O)c(N)c3c[n+](C)c2cc1OC. The van der Waals surface area contributed by atoms with E-state index in [-0.39, 0.29) is 11.2 Å². The van der Waals surface area contributed by atoms with Gasteiger partial charge in [0.15, 0.2) is 24.0 Å². The van der Waals surface area contributed by atoms with Crippen LogP contribution in [0.25, 0.3) is 21.0 Å². The van der Waals surface area contributed by atoms with E-state index in [1.165, 1.54) is 11.3 Å². The number of aryl methyl sites for hydroxylation is 1. The lowest BCUT2D eigenvalue weighted by atomic mass is 10.1. The number of pyridine rings is 1. The molecule has 3 rings (SSSR count). The minimum Gasteiger partial charge on any atom is -0.493 e. The maximum absolute atomic E-state index is 11.8. The molecule has 0 unspecified atom stereocenters. The van der Waals surface area contributed by atoms with Crippen molar-refractivity contribution in [2.75, 3.05) is 20.0 Å². The number of carbonyl (C=O) groups is 2. The van der Waals surface area contributed by atoms with E-state index >= 15 is 0 Å². The molecule has 2 N–H and O–H groups in total. The maximum atomic E-state index is 11.8. The van der Waals surface area contributed by atoms with Crippen LogP contribution >= 0.6 is 11.3 Å². The Balaban J connectivity index is 2.46. The van der Waals surface area contributed by atoms with E-state index in [0.29, 0.717) is 17.2 Å². The molecule has 23 heavy (non-hydrogen) atoms. The summed E-state index contributed by atoms with van der Waals surface area (Å²) in [5.74, 6) is 0.589. The maximum Gasteiger partial charge on any atom is 0.237 e. The van der Waals surface area contributed by atoms with Gasteiger partial charge in [-0.1, -0.05) is 0 Å². The monoisotopic (exact) mass is 331 g/mol. The van der Waals surface area contributed by atoms with Crippen molar-refractivity contribution in [3.8, 4) is 11.5 Å². The van der Waals surface area contributed by atoms with Gasteiger partial charge in [0, 0.05) is 0 Å². The second-order valence-corrected chi connectivity index (χ2v) is 6.05. The van der Waals surface area contributed by atoms with Gasteiger partial charge in [0.05, 0.1) is 41.4 Å². The first kappa shape index (κ1) is 15.2. The van der Waals surface area contributed by atoms with Crippen molar-refractivity contribution < 1.29 is 23.6 Å². The second kappa shape index (κ2) is 5.51. The highest BCUT2D eigenvalue weighted by Gasteiger charge is 2.23. The number of ketones is 1. The number of nitrogen functional groups attached to an aromatic ring is 1. The molecule has 0 aliphatic heterocycles. The first-order chi connectivity index (χ1) is 11.0. The van der Waals surface area contributed by atoms with Crippen LogP contribution in [0.4, 0.5) is 5.69 Å². The van der Waals surface area contributed by atoms with E-state index in [4.69, 9.17) is 15.2 Å². The molecule has 0 aliphatic rings. The van der Waals surface area contributed by atoms with Gasteiger partial charge >= 0.3 is 0 Å². The predicted molar refractivity (Wildman–Crippen MR) is 88.4 cm³/mol. The fourth-order valence-corrected chi connectivity index (χ4v) is 3.75. The van der Waals surface area contributed by atoms with Crippen LogP contribution in [0.3, 0.4) is 0 Å². The topological polar surface area (TPSA) is 82.5 Å². The average molecular weight is 331 g/mol. The van der Waals surface area contributed by atoms with Crippen LogP contribution in [0.5, 0.6) is 11.5 Å². The number of benzene rings is 1. The van der Waals surface area contributed by atoms with Crippen LogP contribution < -0.4 is 19.8 Å². The van der Waals surface area contributed by atoms with Gasteiger partial charge in [-0.2, -0.15) is 0 Å². The molecule has 0 saturated heterocycles. The van der Waals surface area contributed by atoms with Crippen LogP contribution in [0.15, 0.2) is 18.3 Å². The molecular formula is C16H15N2O4S+. The van der Waals surface area contributed by atoms with Gasteiger partial charge in [-0.15, -0.1) is 11.3 Å². The number of thiophene rings is 1. The summed E-state index contributed by atoms with van der Waals surface area (Å²) in [7, 11) is 5.02. The molecule has 0 aliphatic carbocycles. The number of ether oxygens (including phenoxy) is 2. The van der Waals surface area contributed by atoms with Crippen molar-refractivity contribution in [2.45, 2.75) is 0 Å². The third kappa shape index (κ3) is 2.20. The molecular weight excluding hydrogens is 316 g/mol. The lowest BCUT2D eigenvalue weighted by Gasteiger charge is -2.08. The average Bonchev–Trinajstić information content (AvgIpc) is 2.90. The Morgan fingerprint density at radius 3 is 2.48 bits per heavy atom. The summed E-state index contributed by atoms with van der Waals surface area (Å²) in [5.41, 5.74) is 7.30. The molecule has 0 radical (unpaired) electrons. The number of methoxy groups -OCH3 is 2. The van der Waals surface area contributed by atoms with Crippen LogP contribution in [0.2, 0.25) is 0 Å². The predicted octanol–water partition coefficient (Wildman–Crippen LogP) is 1.86. The fourth-order valence-electron chi connectivity index (χ4n) is 2.63. The summed E-state index contributed by atoms with van der Waals surface area (Å²) in [4.78, 5) is 22.8. The summed E-state index contributed by atoms with van der Waals surface area (Å²) in [6, 6.07) is 3.71. The molecule has 0 amide bonds. The Morgan fingerprint density at radius 2 is 1.87 bits per heavy atom. The number of hydrogen-bond acceptors (Lipinski definition) is 6. The summed E-state index contributed by atoms with van der Waals surface area (Å²) < 4.78 is 13.4. The van der Waals surface area contributed by atoms with Crippen LogP contribution in [-0.2, 0) is 11.8 Å². The molecule has 2 heterocycles. The molecule has 0 fully saturated rings. The van der Waals surface area contributed by atoms with E-state index in [2.05, 4.69) is 0 Å². The van der Waals surface area contributed by atoms with Crippen LogP contribution in [0.1, 0.15) is 9.67 Å². The third-order valence-corrected chi connectivity index (χ3v) is 5.03. The van der Waals surface area contributed by atoms with Crippen molar-refractivity contribution in [1.82, 2.24) is 0 Å². The van der Waals surface area contributed by atoms with E-state index in [1.54, 1.807) is 14.2 Å². The zero-order valence-corrected chi connectivity index (χ0v) is 13.7. The molecule has 1 aromatic carbocycles. The third-order valence-electron chi connectivity index (χ3n) is 3.76. The molecule has 118 valence electrons. The molecule has 0 bridgehead atoms. The van der Waals surface area contributed by atoms with Gasteiger partial charge in [-0.25, -0.2) is 4.57 Å². The highest BCUT2D eigenvalue weighted by molar-refractivity contribution is 7.23. The number of aldehydes is 1. The van der Waals surface area contributed by atoms with Gasteiger partial charge in [0.2, 0.25) is 11.3 Å². The zero-order chi connectivity index (χ0) is 16.7. The van der Waals surface area contributed by atoms with Crippen molar-refractivity contribution >= 4 is 50.1 Å². The van der Waals surface area contributed by atoms with Crippen molar-refractivity contribution in [1.29, 1.82) is 0 Å². The Kier molecular flexibility index (Phi) is 3.65. The zero-order valence-electron chi connectivity index (χ0n) is 12.9. The second-order valence-electron chi connectivity index (χ2n) is 5.03. The number of anilines is 1. The molecule has 7 heteroatoms. The minimum atomic E-state index is -0.611. The number of fused-ring (bicyclic) bond motifs is 3. The highest BCUT2D eigenvalue weighted by Crippen LogP contribution is 2.40. The van der Waals surface area contributed by atoms with E-state index < -0.39 is 5.78 Å². The summed E-state index contributed by atoms with van der Waals surface area (Å²) >= 11 is 1.21. The van der Waals surface area contributed by atoms with Crippen molar-refractivity contribution in [3.05, 3.63) is 23.2 Å². The highest BCUT2D eigenvalue weighted by atomic mass is 32.1. The van der Waals surface area contributed by atoms with Gasteiger partial charge in [0.25, 0.3) is 0 Å². The first-order valence-corrected chi connectivity index (χ1v) is 7.59. The molecule has 3 aromatic rings. The number of hydrogen-bond donors (Lipinski definition) is 1. The van der Waals surface area contributed by atoms with E-state index in [1.807, 2.05) is 29.9 Å². The Morgan fingerprint density at radius 1 is 1.22 bits per heavy atom. The Hall–Kier alpha value is -2.67. The normalized spacial score (nSPS) is 10.9. The van der Waals surface area contributed by atoms with Gasteiger partial charge in [0.1, 0.15) is 11.9 Å². The summed E-state index contributed by atoms with van der Waals surface area (Å²) in [5, 5.41) is 1.62. The molecule has 0 spiro atoms. The van der Waals surface area contributed by atoms with Gasteiger partial charge < -0.3 is 15.2 Å².